The van der Waals surface area contributed by atoms with Crippen molar-refractivity contribution in [2.75, 3.05) is 5.32 Å². The van der Waals surface area contributed by atoms with Gasteiger partial charge in [0.1, 0.15) is 12.1 Å². The van der Waals surface area contributed by atoms with E-state index in [9.17, 15) is 9.18 Å². The van der Waals surface area contributed by atoms with Crippen LogP contribution in [0.4, 0.5) is 14.9 Å². The van der Waals surface area contributed by atoms with Gasteiger partial charge >= 0.3 is 6.03 Å². The van der Waals surface area contributed by atoms with E-state index in [1.807, 2.05) is 0 Å². The second-order valence-electron chi connectivity index (χ2n) is 3.02. The van der Waals surface area contributed by atoms with E-state index in [-0.39, 0.29) is 5.69 Å². The van der Waals surface area contributed by atoms with Gasteiger partial charge in [0.2, 0.25) is 0 Å². The Bertz CT molecular complexity index is 513. The van der Waals surface area contributed by atoms with E-state index >= 15 is 0 Å². The van der Waals surface area contributed by atoms with Crippen LogP contribution in [-0.2, 0) is 0 Å². The lowest BCUT2D eigenvalue weighted by molar-refractivity contribution is 0.253. The molecule has 2 rings (SSSR count). The van der Waals surface area contributed by atoms with Gasteiger partial charge in [0.05, 0.1) is 5.69 Å². The highest BCUT2D eigenvalue weighted by molar-refractivity contribution is 6.30. The molecule has 82 valence electrons. The predicted octanol–water partition coefficient (Wildman–Crippen LogP) is 2.76. The molecule has 1 N–H and O–H groups in total. The van der Waals surface area contributed by atoms with Crippen molar-refractivity contribution >= 4 is 23.3 Å². The summed E-state index contributed by atoms with van der Waals surface area (Å²) in [4.78, 5) is 15.2. The van der Waals surface area contributed by atoms with E-state index in [1.54, 1.807) is 0 Å². The summed E-state index contributed by atoms with van der Waals surface area (Å²) in [5.74, 6) is -0.544. The number of nitrogens with zero attached hydrogens (tertiary/aromatic N) is 2. The number of anilines is 1. The molecule has 1 amide bonds. The third-order valence-corrected chi connectivity index (χ3v) is 2.14. The summed E-state index contributed by atoms with van der Waals surface area (Å²) in [6.07, 6.45) is 4.23. The summed E-state index contributed by atoms with van der Waals surface area (Å²) >= 11 is 5.69. The van der Waals surface area contributed by atoms with Gasteiger partial charge in [0.25, 0.3) is 0 Å². The summed E-state index contributed by atoms with van der Waals surface area (Å²) in [7, 11) is 0. The minimum Gasteiger partial charge on any atom is -0.304 e. The Balaban J connectivity index is 2.21. The van der Waals surface area contributed by atoms with Gasteiger partial charge in [0, 0.05) is 17.4 Å². The van der Waals surface area contributed by atoms with E-state index in [4.69, 9.17) is 11.6 Å². The van der Waals surface area contributed by atoms with Gasteiger partial charge in [0.15, 0.2) is 0 Å². The average Bonchev–Trinajstić information content (AvgIpc) is 2.76. The van der Waals surface area contributed by atoms with Gasteiger partial charge < -0.3 is 5.32 Å². The molecule has 2 aromatic rings. The molecule has 0 aliphatic carbocycles. The fourth-order valence-electron chi connectivity index (χ4n) is 1.15. The number of aromatic nitrogens is 2. The number of benzene rings is 1. The molecule has 4 nitrogen and oxygen atoms in total. The summed E-state index contributed by atoms with van der Waals surface area (Å²) < 4.78 is 14.5. The zero-order chi connectivity index (χ0) is 11.5. The Morgan fingerprint density at radius 1 is 1.50 bits per heavy atom. The van der Waals surface area contributed by atoms with Gasteiger partial charge in [-0.05, 0) is 18.2 Å². The van der Waals surface area contributed by atoms with Crippen LogP contribution >= 0.6 is 11.6 Å². The van der Waals surface area contributed by atoms with Crippen LogP contribution in [0.25, 0.3) is 0 Å². The minimum absolute atomic E-state index is 0.0335. The lowest BCUT2D eigenvalue weighted by Crippen LogP contribution is -2.18. The first-order chi connectivity index (χ1) is 7.66. The maximum absolute atomic E-state index is 13.3. The third-order valence-electron chi connectivity index (χ3n) is 1.91. The Kier molecular flexibility index (Phi) is 2.87. The second kappa shape index (κ2) is 4.32. The normalized spacial score (nSPS) is 10.1. The fourth-order valence-corrected chi connectivity index (χ4v) is 1.32. The van der Waals surface area contributed by atoms with E-state index in [1.165, 1.54) is 41.5 Å². The van der Waals surface area contributed by atoms with Crippen molar-refractivity contribution in [1.82, 2.24) is 9.55 Å². The summed E-state index contributed by atoms with van der Waals surface area (Å²) in [5, 5.41) is 2.73. The smallest absolute Gasteiger partial charge is 0.304 e. The van der Waals surface area contributed by atoms with Crippen molar-refractivity contribution in [2.24, 2.45) is 0 Å². The highest BCUT2D eigenvalue weighted by Gasteiger charge is 2.08. The van der Waals surface area contributed by atoms with Crippen LogP contribution < -0.4 is 5.32 Å². The highest BCUT2D eigenvalue weighted by Crippen LogP contribution is 2.19. The Morgan fingerprint density at radius 2 is 2.31 bits per heavy atom. The largest absolute Gasteiger partial charge is 0.331 e. The van der Waals surface area contributed by atoms with E-state index in [0.29, 0.717) is 5.02 Å². The van der Waals surface area contributed by atoms with Crippen LogP contribution in [0.1, 0.15) is 0 Å². The van der Waals surface area contributed by atoms with Crippen LogP contribution in [-0.4, -0.2) is 15.6 Å². The number of amides is 1. The number of rotatable bonds is 1. The van der Waals surface area contributed by atoms with Crippen LogP contribution in [0.5, 0.6) is 0 Å². The first kappa shape index (κ1) is 10.6. The molecule has 1 aromatic heterocycles. The maximum Gasteiger partial charge on any atom is 0.331 e. The SMILES string of the molecule is O=C(Nc1cc(Cl)ccc1F)n1ccnc1. The molecule has 0 aliphatic rings. The average molecular weight is 240 g/mol. The van der Waals surface area contributed by atoms with Crippen LogP contribution in [0, 0.1) is 5.82 Å². The molecule has 0 aliphatic heterocycles. The van der Waals surface area contributed by atoms with Crippen molar-refractivity contribution in [3.8, 4) is 0 Å². The molecule has 0 atom stereocenters. The van der Waals surface area contributed by atoms with Crippen LogP contribution in [0.2, 0.25) is 5.02 Å². The van der Waals surface area contributed by atoms with Crippen molar-refractivity contribution in [1.29, 1.82) is 0 Å². The molecule has 0 saturated carbocycles. The summed E-state index contributed by atoms with van der Waals surface area (Å²) in [5.41, 5.74) is 0.0335. The molecule has 0 spiro atoms. The van der Waals surface area contributed by atoms with Crippen molar-refractivity contribution in [3.05, 3.63) is 47.8 Å². The van der Waals surface area contributed by atoms with Crippen molar-refractivity contribution in [3.63, 3.8) is 0 Å². The van der Waals surface area contributed by atoms with E-state index < -0.39 is 11.8 Å². The molecule has 0 saturated heterocycles. The van der Waals surface area contributed by atoms with Gasteiger partial charge in [-0.15, -0.1) is 0 Å². The second-order valence-corrected chi connectivity index (χ2v) is 3.46. The molecule has 0 bridgehead atoms. The van der Waals surface area contributed by atoms with E-state index in [0.717, 1.165) is 0 Å². The quantitative estimate of drug-likeness (QED) is 0.832. The number of hydrogen-bond donors (Lipinski definition) is 1. The van der Waals surface area contributed by atoms with Crippen molar-refractivity contribution in [2.45, 2.75) is 0 Å². The van der Waals surface area contributed by atoms with Gasteiger partial charge in [-0.3, -0.25) is 4.57 Å². The first-order valence-electron chi connectivity index (χ1n) is 4.41. The number of nitrogens with one attached hydrogen (secondary N) is 1. The molecule has 1 aromatic carbocycles. The maximum atomic E-state index is 13.3. The predicted molar refractivity (Wildman–Crippen MR) is 58.1 cm³/mol. The van der Waals surface area contributed by atoms with Crippen LogP contribution in [0.3, 0.4) is 0 Å². The lowest BCUT2D eigenvalue weighted by atomic mass is 10.3. The third kappa shape index (κ3) is 2.20. The molecule has 0 radical (unpaired) electrons. The molecule has 0 unspecified atom stereocenters. The summed E-state index contributed by atoms with van der Waals surface area (Å²) in [6.45, 7) is 0. The lowest BCUT2D eigenvalue weighted by Gasteiger charge is -2.06. The first-order valence-corrected chi connectivity index (χ1v) is 4.79. The van der Waals surface area contributed by atoms with E-state index in [2.05, 4.69) is 10.3 Å². The zero-order valence-corrected chi connectivity index (χ0v) is 8.78. The molecule has 1 heterocycles. The molecular weight excluding hydrogens is 233 g/mol. The Hall–Kier alpha value is -1.88. The fraction of sp³-hybridized carbons (Fsp3) is 0. The zero-order valence-electron chi connectivity index (χ0n) is 8.02. The highest BCUT2D eigenvalue weighted by atomic mass is 35.5. The number of carbonyl (C=O) groups excluding carboxylic acids is 1. The number of imidazole rings is 1. The standard InChI is InChI=1S/C10H7ClFN3O/c11-7-1-2-8(12)9(5-7)14-10(16)15-4-3-13-6-15/h1-6H,(H,14,16). The van der Waals surface area contributed by atoms with Crippen LogP contribution in [0.15, 0.2) is 36.9 Å². The molecule has 0 fully saturated rings. The Morgan fingerprint density at radius 3 is 3.00 bits per heavy atom. The summed E-state index contributed by atoms with van der Waals surface area (Å²) in [6, 6.07) is 3.43. The van der Waals surface area contributed by atoms with Gasteiger partial charge in [-0.2, -0.15) is 0 Å². The Labute approximate surface area is 95.7 Å². The number of hydrogen-bond acceptors (Lipinski definition) is 2. The van der Waals surface area contributed by atoms with Gasteiger partial charge in [-0.1, -0.05) is 11.6 Å². The molecule has 6 heteroatoms. The molecular formula is C10H7ClFN3O. The number of halogens is 2. The monoisotopic (exact) mass is 239 g/mol. The van der Waals surface area contributed by atoms with Gasteiger partial charge in [-0.25, -0.2) is 14.2 Å². The number of carbonyl (C=O) groups is 1. The molecule has 16 heavy (non-hydrogen) atoms. The minimum atomic E-state index is -0.544. The topological polar surface area (TPSA) is 46.9 Å². The van der Waals surface area contributed by atoms with Crippen molar-refractivity contribution < 1.29 is 9.18 Å².